The molecule has 0 aliphatic carbocycles. The van der Waals surface area contributed by atoms with Crippen molar-refractivity contribution in [2.45, 2.75) is 18.3 Å². The number of hydrogen-bond donors (Lipinski definition) is 1. The molecule has 76 valence electrons. The van der Waals surface area contributed by atoms with Crippen LogP contribution in [0, 0.1) is 0 Å². The average molecular weight is 208 g/mol. The molecule has 0 amide bonds. The SMILES string of the molecule is NCCC1(c2ccncc2)CCSC1. The van der Waals surface area contributed by atoms with Crippen LogP contribution in [-0.4, -0.2) is 23.0 Å². The van der Waals surface area contributed by atoms with Crippen LogP contribution in [0.3, 0.4) is 0 Å². The summed E-state index contributed by atoms with van der Waals surface area (Å²) in [5.41, 5.74) is 7.46. The summed E-state index contributed by atoms with van der Waals surface area (Å²) < 4.78 is 0. The van der Waals surface area contributed by atoms with E-state index < -0.39 is 0 Å². The average Bonchev–Trinajstić information content (AvgIpc) is 2.70. The zero-order chi connectivity index (χ0) is 9.86. The van der Waals surface area contributed by atoms with Crippen molar-refractivity contribution < 1.29 is 0 Å². The summed E-state index contributed by atoms with van der Waals surface area (Å²) in [7, 11) is 0. The third-order valence-electron chi connectivity index (χ3n) is 3.02. The fourth-order valence-corrected chi connectivity index (χ4v) is 3.68. The predicted molar refractivity (Wildman–Crippen MR) is 61.5 cm³/mol. The van der Waals surface area contributed by atoms with Gasteiger partial charge in [-0.1, -0.05) is 0 Å². The van der Waals surface area contributed by atoms with E-state index >= 15 is 0 Å². The van der Waals surface area contributed by atoms with Gasteiger partial charge in [-0.05, 0) is 42.8 Å². The molecule has 0 saturated carbocycles. The van der Waals surface area contributed by atoms with Crippen molar-refractivity contribution in [2.75, 3.05) is 18.1 Å². The molecule has 3 heteroatoms. The van der Waals surface area contributed by atoms with Gasteiger partial charge >= 0.3 is 0 Å². The van der Waals surface area contributed by atoms with Crippen LogP contribution in [0.25, 0.3) is 0 Å². The highest BCUT2D eigenvalue weighted by molar-refractivity contribution is 7.99. The molecule has 1 aromatic rings. The third-order valence-corrected chi connectivity index (χ3v) is 4.27. The van der Waals surface area contributed by atoms with E-state index in [0.29, 0.717) is 5.41 Å². The Labute approximate surface area is 89.3 Å². The van der Waals surface area contributed by atoms with E-state index in [4.69, 9.17) is 5.73 Å². The molecule has 0 radical (unpaired) electrons. The molecule has 1 aliphatic heterocycles. The maximum Gasteiger partial charge on any atom is 0.0270 e. The van der Waals surface area contributed by atoms with Gasteiger partial charge in [0.2, 0.25) is 0 Å². The molecular formula is C11H16N2S. The number of rotatable bonds is 3. The Hall–Kier alpha value is -0.540. The minimum atomic E-state index is 0.336. The van der Waals surface area contributed by atoms with Crippen LogP contribution in [0.2, 0.25) is 0 Å². The summed E-state index contributed by atoms with van der Waals surface area (Å²) in [5, 5.41) is 0. The quantitative estimate of drug-likeness (QED) is 0.823. The lowest BCUT2D eigenvalue weighted by Gasteiger charge is -2.28. The fraction of sp³-hybridized carbons (Fsp3) is 0.545. The third kappa shape index (κ3) is 1.79. The van der Waals surface area contributed by atoms with Gasteiger partial charge in [-0.15, -0.1) is 0 Å². The van der Waals surface area contributed by atoms with Crippen LogP contribution in [0.1, 0.15) is 18.4 Å². The Morgan fingerprint density at radius 1 is 1.43 bits per heavy atom. The summed E-state index contributed by atoms with van der Waals surface area (Å²) in [5.74, 6) is 2.48. The largest absolute Gasteiger partial charge is 0.330 e. The van der Waals surface area contributed by atoms with E-state index in [1.165, 1.54) is 23.5 Å². The number of hydrogen-bond acceptors (Lipinski definition) is 3. The van der Waals surface area contributed by atoms with Crippen LogP contribution in [0.4, 0.5) is 0 Å². The van der Waals surface area contributed by atoms with Crippen LogP contribution < -0.4 is 5.73 Å². The molecule has 0 spiro atoms. The first-order valence-corrected chi connectivity index (χ1v) is 6.21. The van der Waals surface area contributed by atoms with Gasteiger partial charge in [0, 0.05) is 23.6 Å². The molecule has 1 atom stereocenters. The smallest absolute Gasteiger partial charge is 0.0270 e. The van der Waals surface area contributed by atoms with Crippen LogP contribution in [0.15, 0.2) is 24.5 Å². The number of aromatic nitrogens is 1. The molecule has 1 saturated heterocycles. The first-order chi connectivity index (χ1) is 6.87. The first kappa shape index (κ1) is 9.99. The van der Waals surface area contributed by atoms with E-state index in [-0.39, 0.29) is 0 Å². The predicted octanol–water partition coefficient (Wildman–Crippen LogP) is 1.81. The molecule has 1 unspecified atom stereocenters. The minimum Gasteiger partial charge on any atom is -0.330 e. The van der Waals surface area contributed by atoms with Crippen LogP contribution in [0.5, 0.6) is 0 Å². The van der Waals surface area contributed by atoms with E-state index in [2.05, 4.69) is 17.1 Å². The normalized spacial score (nSPS) is 26.6. The molecule has 2 N–H and O–H groups in total. The summed E-state index contributed by atoms with van der Waals surface area (Å²) in [6, 6.07) is 4.28. The van der Waals surface area contributed by atoms with Gasteiger partial charge in [0.15, 0.2) is 0 Å². The summed E-state index contributed by atoms with van der Waals surface area (Å²) in [4.78, 5) is 4.07. The van der Waals surface area contributed by atoms with E-state index in [9.17, 15) is 0 Å². The van der Waals surface area contributed by atoms with Crippen molar-refractivity contribution in [2.24, 2.45) is 5.73 Å². The maximum absolute atomic E-state index is 5.71. The molecule has 2 nitrogen and oxygen atoms in total. The molecule has 2 rings (SSSR count). The van der Waals surface area contributed by atoms with Crippen LogP contribution in [-0.2, 0) is 5.41 Å². The molecule has 1 aliphatic rings. The van der Waals surface area contributed by atoms with E-state index in [1.807, 2.05) is 24.2 Å². The second-order valence-corrected chi connectivity index (χ2v) is 4.96. The van der Waals surface area contributed by atoms with E-state index in [1.54, 1.807) is 0 Å². The Morgan fingerprint density at radius 3 is 2.79 bits per heavy atom. The Bertz CT molecular complexity index is 281. The standard InChI is InChI=1S/C11H16N2S/c12-5-3-11(4-8-14-9-11)10-1-6-13-7-2-10/h1-2,6-7H,3-5,8-9,12H2. The van der Waals surface area contributed by atoms with Gasteiger partial charge in [0.05, 0.1) is 0 Å². The highest BCUT2D eigenvalue weighted by atomic mass is 32.2. The molecule has 0 bridgehead atoms. The van der Waals surface area contributed by atoms with Crippen molar-refractivity contribution in [3.8, 4) is 0 Å². The zero-order valence-electron chi connectivity index (χ0n) is 8.28. The summed E-state index contributed by atoms with van der Waals surface area (Å²) >= 11 is 2.04. The van der Waals surface area contributed by atoms with Gasteiger partial charge in [-0.3, -0.25) is 4.98 Å². The van der Waals surface area contributed by atoms with Crippen molar-refractivity contribution in [1.29, 1.82) is 0 Å². The lowest BCUT2D eigenvalue weighted by Crippen LogP contribution is -2.28. The molecule has 1 fully saturated rings. The summed E-state index contributed by atoms with van der Waals surface area (Å²) in [6.45, 7) is 0.781. The maximum atomic E-state index is 5.71. The van der Waals surface area contributed by atoms with Gasteiger partial charge in [0.25, 0.3) is 0 Å². The fourth-order valence-electron chi connectivity index (χ4n) is 2.16. The highest BCUT2D eigenvalue weighted by Gasteiger charge is 2.35. The van der Waals surface area contributed by atoms with Gasteiger partial charge in [-0.25, -0.2) is 0 Å². The van der Waals surface area contributed by atoms with Gasteiger partial charge in [0.1, 0.15) is 0 Å². The second kappa shape index (κ2) is 4.32. The Kier molecular flexibility index (Phi) is 3.08. The monoisotopic (exact) mass is 208 g/mol. The molecule has 14 heavy (non-hydrogen) atoms. The minimum absolute atomic E-state index is 0.336. The number of nitrogens with zero attached hydrogens (tertiary/aromatic N) is 1. The lowest BCUT2D eigenvalue weighted by atomic mass is 9.78. The highest BCUT2D eigenvalue weighted by Crippen LogP contribution is 2.41. The van der Waals surface area contributed by atoms with Crippen molar-refractivity contribution in [1.82, 2.24) is 4.98 Å². The van der Waals surface area contributed by atoms with E-state index in [0.717, 1.165) is 13.0 Å². The van der Waals surface area contributed by atoms with Crippen molar-refractivity contribution in [3.63, 3.8) is 0 Å². The Morgan fingerprint density at radius 2 is 2.21 bits per heavy atom. The summed E-state index contributed by atoms with van der Waals surface area (Å²) in [6.07, 6.45) is 6.13. The van der Waals surface area contributed by atoms with Gasteiger partial charge in [-0.2, -0.15) is 11.8 Å². The second-order valence-electron chi connectivity index (χ2n) is 3.86. The number of thioether (sulfide) groups is 1. The molecule has 1 aromatic heterocycles. The van der Waals surface area contributed by atoms with Crippen molar-refractivity contribution >= 4 is 11.8 Å². The van der Waals surface area contributed by atoms with Crippen molar-refractivity contribution in [3.05, 3.63) is 30.1 Å². The zero-order valence-corrected chi connectivity index (χ0v) is 9.09. The molecule has 2 heterocycles. The number of nitrogens with two attached hydrogens (primary N) is 1. The Balaban J connectivity index is 2.27. The molecule has 0 aromatic carbocycles. The lowest BCUT2D eigenvalue weighted by molar-refractivity contribution is 0.452. The van der Waals surface area contributed by atoms with Gasteiger partial charge < -0.3 is 5.73 Å². The first-order valence-electron chi connectivity index (χ1n) is 5.06. The number of pyridine rings is 1. The molecular weight excluding hydrogens is 192 g/mol. The van der Waals surface area contributed by atoms with Crippen LogP contribution >= 0.6 is 11.8 Å². The topological polar surface area (TPSA) is 38.9 Å².